The van der Waals surface area contributed by atoms with E-state index in [0.29, 0.717) is 0 Å². The number of benzene rings is 1. The molecule has 1 amide bonds. The number of carbonyl (C=O) groups excluding carboxylic acids is 1. The number of hydrogen-bond acceptors (Lipinski definition) is 2. The predicted molar refractivity (Wildman–Crippen MR) is 55.7 cm³/mol. The molecule has 1 aromatic carbocycles. The average molecular weight is 265 g/mol. The van der Waals surface area contributed by atoms with E-state index in [1.54, 1.807) is 0 Å². The SMILES string of the molecule is CC(CC(F)(F)F)NC(=O)c1c(O)cccc1F. The van der Waals surface area contributed by atoms with Gasteiger partial charge in [0.05, 0.1) is 6.42 Å². The summed E-state index contributed by atoms with van der Waals surface area (Å²) in [6, 6.07) is 1.98. The van der Waals surface area contributed by atoms with Crippen molar-refractivity contribution in [2.24, 2.45) is 0 Å². The van der Waals surface area contributed by atoms with Crippen molar-refractivity contribution in [3.05, 3.63) is 29.6 Å². The van der Waals surface area contributed by atoms with E-state index in [0.717, 1.165) is 19.1 Å². The van der Waals surface area contributed by atoms with Crippen LogP contribution < -0.4 is 5.32 Å². The zero-order valence-corrected chi connectivity index (χ0v) is 9.38. The average Bonchev–Trinajstić information content (AvgIpc) is 2.13. The van der Waals surface area contributed by atoms with Crippen molar-refractivity contribution in [2.75, 3.05) is 0 Å². The zero-order chi connectivity index (χ0) is 13.9. The maximum Gasteiger partial charge on any atom is 0.391 e. The number of halogens is 4. The van der Waals surface area contributed by atoms with Crippen LogP contribution in [0.5, 0.6) is 5.75 Å². The molecule has 0 saturated heterocycles. The third-order valence-corrected chi connectivity index (χ3v) is 2.13. The maximum atomic E-state index is 13.2. The predicted octanol–water partition coefficient (Wildman–Crippen LogP) is 2.60. The first-order chi connectivity index (χ1) is 8.20. The van der Waals surface area contributed by atoms with Gasteiger partial charge >= 0.3 is 6.18 Å². The van der Waals surface area contributed by atoms with Gasteiger partial charge in [-0.1, -0.05) is 6.07 Å². The van der Waals surface area contributed by atoms with Crippen LogP contribution in [0.2, 0.25) is 0 Å². The molecular weight excluding hydrogens is 254 g/mol. The van der Waals surface area contributed by atoms with Crippen molar-refractivity contribution < 1.29 is 27.5 Å². The van der Waals surface area contributed by atoms with Gasteiger partial charge in [-0.25, -0.2) is 4.39 Å². The van der Waals surface area contributed by atoms with Gasteiger partial charge in [-0.2, -0.15) is 13.2 Å². The van der Waals surface area contributed by atoms with Crippen molar-refractivity contribution in [1.82, 2.24) is 5.32 Å². The van der Waals surface area contributed by atoms with Gasteiger partial charge in [0.25, 0.3) is 5.91 Å². The van der Waals surface area contributed by atoms with Gasteiger partial charge in [-0.05, 0) is 19.1 Å². The lowest BCUT2D eigenvalue weighted by Gasteiger charge is -2.16. The lowest BCUT2D eigenvalue weighted by molar-refractivity contribution is -0.138. The molecule has 0 heterocycles. The molecule has 0 spiro atoms. The number of phenols is 1. The summed E-state index contributed by atoms with van der Waals surface area (Å²) in [4.78, 5) is 11.5. The quantitative estimate of drug-likeness (QED) is 0.825. The Hall–Kier alpha value is -1.79. The molecule has 0 saturated carbocycles. The van der Waals surface area contributed by atoms with Gasteiger partial charge in [-0.15, -0.1) is 0 Å². The van der Waals surface area contributed by atoms with Crippen molar-refractivity contribution in [3.8, 4) is 5.75 Å². The van der Waals surface area contributed by atoms with Crippen LogP contribution in [-0.4, -0.2) is 23.2 Å². The molecule has 0 aliphatic rings. The molecule has 100 valence electrons. The standard InChI is InChI=1S/C11H11F4NO2/c1-6(5-11(13,14)15)16-10(18)9-7(12)3-2-4-8(9)17/h2-4,6,17H,5H2,1H3,(H,16,18). The number of carbonyl (C=O) groups is 1. The number of phenolic OH excluding ortho intramolecular Hbond substituents is 1. The Morgan fingerprint density at radius 1 is 1.44 bits per heavy atom. The fourth-order valence-electron chi connectivity index (χ4n) is 1.43. The first-order valence-electron chi connectivity index (χ1n) is 5.06. The minimum absolute atomic E-state index is 0.619. The van der Waals surface area contributed by atoms with Crippen LogP contribution >= 0.6 is 0 Å². The summed E-state index contributed by atoms with van der Waals surface area (Å²) >= 11 is 0. The first-order valence-corrected chi connectivity index (χ1v) is 5.06. The Kier molecular flexibility index (Phi) is 4.15. The van der Waals surface area contributed by atoms with Crippen molar-refractivity contribution >= 4 is 5.91 Å². The summed E-state index contributed by atoms with van der Waals surface area (Å²) in [6.45, 7) is 1.14. The molecule has 0 radical (unpaired) electrons. The number of aromatic hydroxyl groups is 1. The fraction of sp³-hybridized carbons (Fsp3) is 0.364. The molecule has 3 nitrogen and oxygen atoms in total. The van der Waals surface area contributed by atoms with E-state index in [1.807, 2.05) is 5.32 Å². The summed E-state index contributed by atoms with van der Waals surface area (Å²) in [5.41, 5.74) is -0.661. The van der Waals surface area contributed by atoms with Crippen LogP contribution in [-0.2, 0) is 0 Å². The van der Waals surface area contributed by atoms with E-state index < -0.39 is 41.7 Å². The Balaban J connectivity index is 2.77. The molecule has 1 unspecified atom stereocenters. The number of alkyl halides is 3. The first kappa shape index (κ1) is 14.3. The van der Waals surface area contributed by atoms with Gasteiger partial charge in [0, 0.05) is 6.04 Å². The number of amides is 1. The van der Waals surface area contributed by atoms with Crippen LogP contribution in [0.1, 0.15) is 23.7 Å². The molecule has 0 fully saturated rings. The fourth-order valence-corrected chi connectivity index (χ4v) is 1.43. The van der Waals surface area contributed by atoms with E-state index in [-0.39, 0.29) is 0 Å². The molecular formula is C11H11F4NO2. The molecule has 0 aromatic heterocycles. The normalized spacial score (nSPS) is 13.2. The molecule has 2 N–H and O–H groups in total. The largest absolute Gasteiger partial charge is 0.507 e. The molecule has 1 rings (SSSR count). The highest BCUT2D eigenvalue weighted by molar-refractivity contribution is 5.97. The van der Waals surface area contributed by atoms with Gasteiger partial charge in [0.1, 0.15) is 17.1 Å². The van der Waals surface area contributed by atoms with E-state index in [1.165, 1.54) is 6.07 Å². The molecule has 0 bridgehead atoms. The third-order valence-electron chi connectivity index (χ3n) is 2.13. The van der Waals surface area contributed by atoms with Crippen molar-refractivity contribution in [3.63, 3.8) is 0 Å². The maximum absolute atomic E-state index is 13.2. The van der Waals surface area contributed by atoms with Gasteiger partial charge < -0.3 is 10.4 Å². The molecule has 0 aliphatic heterocycles. The van der Waals surface area contributed by atoms with Gasteiger partial charge in [-0.3, -0.25) is 4.79 Å². The Bertz CT molecular complexity index is 425. The second-order valence-electron chi connectivity index (χ2n) is 3.83. The number of nitrogens with one attached hydrogen (secondary N) is 1. The van der Waals surface area contributed by atoms with Gasteiger partial charge in [0.15, 0.2) is 0 Å². The summed E-state index contributed by atoms with van der Waals surface area (Å²) in [6.07, 6.45) is -5.65. The molecule has 1 aromatic rings. The summed E-state index contributed by atoms with van der Waals surface area (Å²) in [5.74, 6) is -2.69. The van der Waals surface area contributed by atoms with Crippen LogP contribution in [0, 0.1) is 5.82 Å². The van der Waals surface area contributed by atoms with Crippen molar-refractivity contribution in [2.45, 2.75) is 25.6 Å². The second kappa shape index (κ2) is 5.24. The summed E-state index contributed by atoms with van der Waals surface area (Å²) in [7, 11) is 0. The zero-order valence-electron chi connectivity index (χ0n) is 9.38. The molecule has 0 aliphatic carbocycles. The Labute approximate surface area is 100 Å². The highest BCUT2D eigenvalue weighted by atomic mass is 19.4. The third kappa shape index (κ3) is 3.90. The van der Waals surface area contributed by atoms with E-state index in [9.17, 15) is 27.5 Å². The lowest BCUT2D eigenvalue weighted by atomic mass is 10.1. The van der Waals surface area contributed by atoms with Crippen LogP contribution in [0.4, 0.5) is 17.6 Å². The summed E-state index contributed by atoms with van der Waals surface area (Å²) in [5, 5.41) is 11.3. The van der Waals surface area contributed by atoms with Crippen LogP contribution in [0.15, 0.2) is 18.2 Å². The number of hydrogen-bond donors (Lipinski definition) is 2. The Morgan fingerprint density at radius 3 is 2.56 bits per heavy atom. The minimum atomic E-state index is -4.43. The smallest absolute Gasteiger partial charge is 0.391 e. The van der Waals surface area contributed by atoms with Crippen molar-refractivity contribution in [1.29, 1.82) is 0 Å². The highest BCUT2D eigenvalue weighted by Gasteiger charge is 2.31. The Morgan fingerprint density at radius 2 is 2.06 bits per heavy atom. The van der Waals surface area contributed by atoms with E-state index in [2.05, 4.69) is 0 Å². The van der Waals surface area contributed by atoms with E-state index >= 15 is 0 Å². The van der Waals surface area contributed by atoms with Gasteiger partial charge in [0.2, 0.25) is 0 Å². The summed E-state index contributed by atoms with van der Waals surface area (Å²) < 4.78 is 49.4. The van der Waals surface area contributed by atoms with Crippen LogP contribution in [0.25, 0.3) is 0 Å². The molecule has 18 heavy (non-hydrogen) atoms. The minimum Gasteiger partial charge on any atom is -0.507 e. The highest BCUT2D eigenvalue weighted by Crippen LogP contribution is 2.23. The molecule has 1 atom stereocenters. The number of rotatable bonds is 3. The van der Waals surface area contributed by atoms with E-state index in [4.69, 9.17) is 0 Å². The molecule has 7 heteroatoms. The van der Waals surface area contributed by atoms with Crippen LogP contribution in [0.3, 0.4) is 0 Å². The monoisotopic (exact) mass is 265 g/mol. The topological polar surface area (TPSA) is 49.3 Å². The second-order valence-corrected chi connectivity index (χ2v) is 3.83. The lowest BCUT2D eigenvalue weighted by Crippen LogP contribution is -2.36.